The van der Waals surface area contributed by atoms with Gasteiger partial charge in [-0.3, -0.25) is 0 Å². The van der Waals surface area contributed by atoms with Gasteiger partial charge in [-0.15, -0.1) is 0 Å². The lowest BCUT2D eigenvalue weighted by Gasteiger charge is -2.32. The van der Waals surface area contributed by atoms with Gasteiger partial charge in [0.2, 0.25) is 5.95 Å². The van der Waals surface area contributed by atoms with E-state index in [9.17, 15) is 13.2 Å². The van der Waals surface area contributed by atoms with Crippen LogP contribution in [0.4, 0.5) is 19.1 Å². The van der Waals surface area contributed by atoms with E-state index in [4.69, 9.17) is 4.74 Å². The zero-order valence-corrected chi connectivity index (χ0v) is 18.0. The van der Waals surface area contributed by atoms with Crippen LogP contribution in [0.1, 0.15) is 31.2 Å². The van der Waals surface area contributed by atoms with Gasteiger partial charge in [0.15, 0.2) is 0 Å². The Labute approximate surface area is 189 Å². The predicted molar refractivity (Wildman–Crippen MR) is 115 cm³/mol. The summed E-state index contributed by atoms with van der Waals surface area (Å²) in [7, 11) is 0. The van der Waals surface area contributed by atoms with Crippen molar-refractivity contribution < 1.29 is 17.9 Å². The average Bonchev–Trinajstić information content (AvgIpc) is 3.38. The van der Waals surface area contributed by atoms with Crippen LogP contribution in [-0.2, 0) is 6.18 Å². The van der Waals surface area contributed by atoms with Gasteiger partial charge in [0, 0.05) is 25.5 Å². The van der Waals surface area contributed by atoms with Gasteiger partial charge in [-0.25, -0.2) is 19.6 Å². The highest BCUT2D eigenvalue weighted by Crippen LogP contribution is 2.49. The summed E-state index contributed by atoms with van der Waals surface area (Å²) in [6.45, 7) is 2.27. The van der Waals surface area contributed by atoms with E-state index in [1.165, 1.54) is 12.7 Å². The monoisotopic (exact) mass is 458 g/mol. The van der Waals surface area contributed by atoms with Gasteiger partial charge in [-0.1, -0.05) is 0 Å². The Balaban J connectivity index is 1.03. The molecule has 5 rings (SSSR count). The smallest absolute Gasteiger partial charge is 0.419 e. The molecule has 0 bridgehead atoms. The largest absolute Gasteiger partial charge is 0.494 e. The SMILES string of the molecule is FC(F)(F)c1cnc(N2CCC([C@H]3C[C@@H]3CCOc3ccc(-n4cncn4)cc3)CC2)nc1. The van der Waals surface area contributed by atoms with Crippen molar-refractivity contribution in [1.82, 2.24) is 24.7 Å². The lowest BCUT2D eigenvalue weighted by Crippen LogP contribution is -2.35. The molecule has 2 fully saturated rings. The Morgan fingerprint density at radius 3 is 2.39 bits per heavy atom. The summed E-state index contributed by atoms with van der Waals surface area (Å²) in [5, 5.41) is 4.11. The van der Waals surface area contributed by atoms with Crippen LogP contribution in [0.25, 0.3) is 5.69 Å². The van der Waals surface area contributed by atoms with Gasteiger partial charge in [0.25, 0.3) is 0 Å². The van der Waals surface area contributed by atoms with Crippen LogP contribution in [0, 0.1) is 17.8 Å². The molecule has 0 N–H and O–H groups in total. The van der Waals surface area contributed by atoms with Gasteiger partial charge >= 0.3 is 6.18 Å². The van der Waals surface area contributed by atoms with Crippen LogP contribution in [0.2, 0.25) is 0 Å². The van der Waals surface area contributed by atoms with E-state index in [0.717, 1.165) is 62.1 Å². The molecule has 2 atom stereocenters. The third-order valence-corrected chi connectivity index (χ3v) is 6.65. The normalized spacial score (nSPS) is 21.2. The van der Waals surface area contributed by atoms with Crippen LogP contribution in [-0.4, -0.2) is 44.4 Å². The van der Waals surface area contributed by atoms with Crippen LogP contribution in [0.3, 0.4) is 0 Å². The molecule has 0 amide bonds. The van der Waals surface area contributed by atoms with Crippen molar-refractivity contribution in [1.29, 1.82) is 0 Å². The Hall–Kier alpha value is -3.17. The Morgan fingerprint density at radius 1 is 1.03 bits per heavy atom. The minimum Gasteiger partial charge on any atom is -0.494 e. The molecule has 0 spiro atoms. The molecule has 0 radical (unpaired) electrons. The fraction of sp³-hybridized carbons (Fsp3) is 0.478. The quantitative estimate of drug-likeness (QED) is 0.523. The summed E-state index contributed by atoms with van der Waals surface area (Å²) in [6.07, 6.45) is 4.81. The molecule has 1 aromatic carbocycles. The van der Waals surface area contributed by atoms with Crippen molar-refractivity contribution in [2.75, 3.05) is 24.6 Å². The van der Waals surface area contributed by atoms with E-state index < -0.39 is 11.7 Å². The maximum Gasteiger partial charge on any atom is 0.419 e. The first-order chi connectivity index (χ1) is 16.0. The third kappa shape index (κ3) is 5.09. The number of ether oxygens (including phenoxy) is 1. The fourth-order valence-electron chi connectivity index (χ4n) is 4.70. The Bertz CT molecular complexity index is 1030. The lowest BCUT2D eigenvalue weighted by atomic mass is 9.90. The molecular formula is C23H25F3N6O. The van der Waals surface area contributed by atoms with Crippen molar-refractivity contribution in [3.05, 3.63) is 54.9 Å². The molecular weight excluding hydrogens is 433 g/mol. The summed E-state index contributed by atoms with van der Waals surface area (Å²) in [6, 6.07) is 7.80. The third-order valence-electron chi connectivity index (χ3n) is 6.65. The number of nitrogens with zero attached hydrogens (tertiary/aromatic N) is 6. The second-order valence-corrected chi connectivity index (χ2v) is 8.72. The van der Waals surface area contributed by atoms with E-state index in [-0.39, 0.29) is 0 Å². The van der Waals surface area contributed by atoms with Crippen LogP contribution >= 0.6 is 0 Å². The number of hydrogen-bond donors (Lipinski definition) is 0. The minimum absolute atomic E-state index is 0.386. The zero-order chi connectivity index (χ0) is 22.8. The van der Waals surface area contributed by atoms with E-state index >= 15 is 0 Å². The molecule has 2 aliphatic rings. The number of alkyl halides is 3. The van der Waals surface area contributed by atoms with Crippen LogP contribution in [0.5, 0.6) is 5.75 Å². The number of piperidine rings is 1. The maximum absolute atomic E-state index is 12.7. The highest BCUT2D eigenvalue weighted by molar-refractivity contribution is 5.36. The lowest BCUT2D eigenvalue weighted by molar-refractivity contribution is -0.138. The summed E-state index contributed by atoms with van der Waals surface area (Å²) in [5.74, 6) is 3.30. The minimum atomic E-state index is -4.41. The molecule has 174 valence electrons. The van der Waals surface area contributed by atoms with E-state index in [2.05, 4.69) is 20.1 Å². The van der Waals surface area contributed by atoms with Gasteiger partial charge in [0.1, 0.15) is 18.4 Å². The summed E-state index contributed by atoms with van der Waals surface area (Å²) in [5.41, 5.74) is 0.130. The van der Waals surface area contributed by atoms with Crippen molar-refractivity contribution in [2.45, 2.75) is 31.9 Å². The second-order valence-electron chi connectivity index (χ2n) is 8.72. The number of rotatable bonds is 7. The molecule has 1 aliphatic carbocycles. The average molecular weight is 458 g/mol. The summed E-state index contributed by atoms with van der Waals surface area (Å²) < 4.78 is 45.7. The van der Waals surface area contributed by atoms with E-state index in [0.29, 0.717) is 24.4 Å². The topological polar surface area (TPSA) is 69.0 Å². The van der Waals surface area contributed by atoms with Crippen molar-refractivity contribution in [2.24, 2.45) is 17.8 Å². The van der Waals surface area contributed by atoms with Gasteiger partial charge < -0.3 is 9.64 Å². The van der Waals surface area contributed by atoms with Gasteiger partial charge in [-0.05, 0) is 67.7 Å². The van der Waals surface area contributed by atoms with E-state index in [1.54, 1.807) is 11.0 Å². The van der Waals surface area contributed by atoms with Crippen molar-refractivity contribution >= 4 is 5.95 Å². The fourth-order valence-corrected chi connectivity index (χ4v) is 4.70. The van der Waals surface area contributed by atoms with E-state index in [1.807, 2.05) is 29.2 Å². The predicted octanol–water partition coefficient (Wildman–Crippen LogP) is 4.40. The standard InChI is InChI=1S/C23H25F3N6O/c24-23(25,26)18-12-28-22(29-13-18)31-8-5-16(6-9-31)21-11-17(21)7-10-33-20-3-1-19(2-4-20)32-15-27-14-30-32/h1-4,12-17,21H,5-11H2/t17-,21+/m0/s1. The first kappa shape index (κ1) is 21.7. The zero-order valence-electron chi connectivity index (χ0n) is 18.0. The second kappa shape index (κ2) is 8.99. The molecule has 1 saturated carbocycles. The highest BCUT2D eigenvalue weighted by atomic mass is 19.4. The molecule has 3 aromatic rings. The van der Waals surface area contributed by atoms with Gasteiger partial charge in [0.05, 0.1) is 17.9 Å². The summed E-state index contributed by atoms with van der Waals surface area (Å²) >= 11 is 0. The highest BCUT2D eigenvalue weighted by Gasteiger charge is 2.43. The van der Waals surface area contributed by atoms with Crippen LogP contribution < -0.4 is 9.64 Å². The summed E-state index contributed by atoms with van der Waals surface area (Å²) in [4.78, 5) is 13.8. The molecule has 0 unspecified atom stereocenters. The number of halogens is 3. The molecule has 10 heteroatoms. The maximum atomic E-state index is 12.7. The number of hydrogen-bond acceptors (Lipinski definition) is 6. The molecule has 1 saturated heterocycles. The van der Waals surface area contributed by atoms with Crippen molar-refractivity contribution in [3.8, 4) is 11.4 Å². The first-order valence-electron chi connectivity index (χ1n) is 11.2. The number of aromatic nitrogens is 5. The molecule has 33 heavy (non-hydrogen) atoms. The number of anilines is 1. The number of benzene rings is 1. The van der Waals surface area contributed by atoms with Crippen molar-refractivity contribution in [3.63, 3.8) is 0 Å². The first-order valence-corrected chi connectivity index (χ1v) is 11.2. The molecule has 1 aliphatic heterocycles. The molecule has 2 aromatic heterocycles. The Kier molecular flexibility index (Phi) is 5.90. The van der Waals surface area contributed by atoms with Crippen LogP contribution in [0.15, 0.2) is 49.3 Å². The molecule has 3 heterocycles. The molecule has 7 nitrogen and oxygen atoms in total. The van der Waals surface area contributed by atoms with Gasteiger partial charge in [-0.2, -0.15) is 18.3 Å². The Morgan fingerprint density at radius 2 is 1.76 bits per heavy atom.